The van der Waals surface area contributed by atoms with Crippen molar-refractivity contribution in [3.8, 4) is 0 Å². The van der Waals surface area contributed by atoms with Crippen molar-refractivity contribution in [2.75, 3.05) is 19.6 Å². The summed E-state index contributed by atoms with van der Waals surface area (Å²) in [7, 11) is 0. The SMILES string of the molecule is Cc1ccccc1C(=O)NC1CCN(C(=O)CNC(=O)c2ccc(C(C)(C)C)cc2)CC1. The number of aryl methyl sites for hydroxylation is 1. The summed E-state index contributed by atoms with van der Waals surface area (Å²) in [6.07, 6.45) is 1.40. The molecule has 1 aliphatic rings. The Hall–Kier alpha value is -3.15. The summed E-state index contributed by atoms with van der Waals surface area (Å²) >= 11 is 0. The van der Waals surface area contributed by atoms with Crippen LogP contribution in [0, 0.1) is 6.92 Å². The van der Waals surface area contributed by atoms with Crippen molar-refractivity contribution in [2.24, 2.45) is 0 Å². The van der Waals surface area contributed by atoms with Crippen LogP contribution in [0.1, 0.15) is 65.5 Å². The molecule has 1 aliphatic heterocycles. The largest absolute Gasteiger partial charge is 0.349 e. The van der Waals surface area contributed by atoms with E-state index in [9.17, 15) is 14.4 Å². The van der Waals surface area contributed by atoms with Crippen LogP contribution in [0.15, 0.2) is 48.5 Å². The van der Waals surface area contributed by atoms with Gasteiger partial charge in [-0.3, -0.25) is 14.4 Å². The van der Waals surface area contributed by atoms with Crippen LogP contribution in [0.25, 0.3) is 0 Å². The van der Waals surface area contributed by atoms with E-state index in [1.54, 1.807) is 17.0 Å². The van der Waals surface area contributed by atoms with Crippen LogP contribution in [0.5, 0.6) is 0 Å². The Kier molecular flexibility index (Phi) is 7.33. The van der Waals surface area contributed by atoms with Crippen molar-refractivity contribution in [1.82, 2.24) is 15.5 Å². The molecule has 170 valence electrons. The van der Waals surface area contributed by atoms with E-state index in [2.05, 4.69) is 31.4 Å². The van der Waals surface area contributed by atoms with Gasteiger partial charge in [0.05, 0.1) is 6.54 Å². The molecule has 3 amide bonds. The molecule has 0 spiro atoms. The summed E-state index contributed by atoms with van der Waals surface area (Å²) in [5.41, 5.74) is 3.35. The molecule has 2 N–H and O–H groups in total. The molecule has 3 rings (SSSR count). The normalized spacial score (nSPS) is 14.7. The van der Waals surface area contributed by atoms with Crippen molar-refractivity contribution < 1.29 is 14.4 Å². The lowest BCUT2D eigenvalue weighted by molar-refractivity contribution is -0.131. The standard InChI is InChI=1S/C26H33N3O3/c1-18-7-5-6-8-22(18)25(32)28-21-13-15-29(16-14-21)23(30)17-27-24(31)19-9-11-20(12-10-19)26(2,3)4/h5-12,21H,13-17H2,1-4H3,(H,27,31)(H,28,32). The highest BCUT2D eigenvalue weighted by molar-refractivity contribution is 5.97. The van der Waals surface area contributed by atoms with Crippen LogP contribution in [-0.4, -0.2) is 48.3 Å². The molecule has 0 radical (unpaired) electrons. The fraction of sp³-hybridized carbons (Fsp3) is 0.423. The molecular weight excluding hydrogens is 402 g/mol. The summed E-state index contributed by atoms with van der Waals surface area (Å²) in [6.45, 7) is 9.39. The number of hydrogen-bond donors (Lipinski definition) is 2. The van der Waals surface area contributed by atoms with Gasteiger partial charge in [-0.05, 0) is 54.5 Å². The van der Waals surface area contributed by atoms with E-state index < -0.39 is 0 Å². The second kappa shape index (κ2) is 9.98. The third-order valence-corrected chi connectivity index (χ3v) is 5.99. The van der Waals surface area contributed by atoms with Gasteiger partial charge in [0.15, 0.2) is 0 Å². The maximum absolute atomic E-state index is 12.5. The predicted octanol–water partition coefficient (Wildman–Crippen LogP) is 3.44. The minimum atomic E-state index is -0.251. The summed E-state index contributed by atoms with van der Waals surface area (Å²) < 4.78 is 0. The second-order valence-corrected chi connectivity index (χ2v) is 9.45. The van der Waals surface area contributed by atoms with E-state index in [1.165, 1.54) is 0 Å². The molecule has 0 unspecified atom stereocenters. The van der Waals surface area contributed by atoms with Crippen LogP contribution in [0.2, 0.25) is 0 Å². The van der Waals surface area contributed by atoms with Gasteiger partial charge in [0.1, 0.15) is 0 Å². The average Bonchev–Trinajstić information content (AvgIpc) is 2.77. The van der Waals surface area contributed by atoms with E-state index in [0.29, 0.717) is 37.1 Å². The van der Waals surface area contributed by atoms with Crippen molar-refractivity contribution >= 4 is 17.7 Å². The predicted molar refractivity (Wildman–Crippen MR) is 126 cm³/mol. The summed E-state index contributed by atoms with van der Waals surface area (Å²) in [5, 5.41) is 5.80. The van der Waals surface area contributed by atoms with E-state index in [-0.39, 0.29) is 35.7 Å². The Morgan fingerprint density at radius 3 is 2.16 bits per heavy atom. The van der Waals surface area contributed by atoms with E-state index in [4.69, 9.17) is 0 Å². The number of rotatable bonds is 5. The lowest BCUT2D eigenvalue weighted by Gasteiger charge is -2.32. The Morgan fingerprint density at radius 1 is 0.938 bits per heavy atom. The number of carbonyl (C=O) groups excluding carboxylic acids is 3. The summed E-state index contributed by atoms with van der Waals surface area (Å²) in [5.74, 6) is -0.426. The Labute approximate surface area is 190 Å². The molecule has 6 heteroatoms. The molecule has 0 aromatic heterocycles. The lowest BCUT2D eigenvalue weighted by atomic mass is 9.87. The van der Waals surface area contributed by atoms with E-state index in [1.807, 2.05) is 43.3 Å². The molecule has 1 saturated heterocycles. The third kappa shape index (κ3) is 5.96. The first kappa shape index (κ1) is 23.5. The van der Waals surface area contributed by atoms with Gasteiger partial charge < -0.3 is 15.5 Å². The second-order valence-electron chi connectivity index (χ2n) is 9.45. The van der Waals surface area contributed by atoms with Crippen LogP contribution >= 0.6 is 0 Å². The van der Waals surface area contributed by atoms with Crippen LogP contribution < -0.4 is 10.6 Å². The number of amides is 3. The van der Waals surface area contributed by atoms with Gasteiger partial charge in [0.25, 0.3) is 11.8 Å². The average molecular weight is 436 g/mol. The fourth-order valence-electron chi connectivity index (χ4n) is 3.86. The van der Waals surface area contributed by atoms with Gasteiger partial charge in [-0.25, -0.2) is 0 Å². The molecule has 0 atom stereocenters. The number of benzene rings is 2. The van der Waals surface area contributed by atoms with Crippen molar-refractivity contribution in [1.29, 1.82) is 0 Å². The number of hydrogen-bond acceptors (Lipinski definition) is 3. The van der Waals surface area contributed by atoms with Crippen molar-refractivity contribution in [3.63, 3.8) is 0 Å². The molecule has 1 heterocycles. The third-order valence-electron chi connectivity index (χ3n) is 5.99. The molecule has 0 aliphatic carbocycles. The minimum Gasteiger partial charge on any atom is -0.349 e. The van der Waals surface area contributed by atoms with Gasteiger partial charge in [0, 0.05) is 30.3 Å². The summed E-state index contributed by atoms with van der Waals surface area (Å²) in [4.78, 5) is 39.2. The van der Waals surface area contributed by atoms with Gasteiger partial charge in [0.2, 0.25) is 5.91 Å². The first-order chi connectivity index (χ1) is 15.1. The van der Waals surface area contributed by atoms with E-state index >= 15 is 0 Å². The van der Waals surface area contributed by atoms with Crippen molar-refractivity contribution in [3.05, 3.63) is 70.8 Å². The molecule has 2 aromatic carbocycles. The molecule has 0 bridgehead atoms. The van der Waals surface area contributed by atoms with Crippen molar-refractivity contribution in [2.45, 2.75) is 52.0 Å². The quantitative estimate of drug-likeness (QED) is 0.755. The topological polar surface area (TPSA) is 78.5 Å². The minimum absolute atomic E-state index is 0.0243. The molecule has 1 fully saturated rings. The van der Waals surface area contributed by atoms with Crippen LogP contribution in [0.4, 0.5) is 0 Å². The number of nitrogens with one attached hydrogen (secondary N) is 2. The number of nitrogens with zero attached hydrogens (tertiary/aromatic N) is 1. The van der Waals surface area contributed by atoms with Gasteiger partial charge >= 0.3 is 0 Å². The Balaban J connectivity index is 1.44. The highest BCUT2D eigenvalue weighted by Crippen LogP contribution is 2.22. The first-order valence-corrected chi connectivity index (χ1v) is 11.2. The maximum atomic E-state index is 12.5. The number of piperidine rings is 1. The lowest BCUT2D eigenvalue weighted by Crippen LogP contribution is -2.49. The van der Waals surface area contributed by atoms with E-state index in [0.717, 1.165) is 11.1 Å². The molecule has 32 heavy (non-hydrogen) atoms. The molecule has 0 saturated carbocycles. The monoisotopic (exact) mass is 435 g/mol. The maximum Gasteiger partial charge on any atom is 0.251 e. The Bertz CT molecular complexity index is 969. The van der Waals surface area contributed by atoms with Gasteiger partial charge in [-0.15, -0.1) is 0 Å². The van der Waals surface area contributed by atoms with Gasteiger partial charge in [-0.2, -0.15) is 0 Å². The van der Waals surface area contributed by atoms with Gasteiger partial charge in [-0.1, -0.05) is 51.1 Å². The smallest absolute Gasteiger partial charge is 0.251 e. The van der Waals surface area contributed by atoms with Crippen LogP contribution in [-0.2, 0) is 10.2 Å². The Morgan fingerprint density at radius 2 is 1.56 bits per heavy atom. The zero-order valence-electron chi connectivity index (χ0n) is 19.4. The zero-order chi connectivity index (χ0) is 23.3. The summed E-state index contributed by atoms with van der Waals surface area (Å²) in [6, 6.07) is 15.0. The molecular formula is C26H33N3O3. The zero-order valence-corrected chi connectivity index (χ0v) is 19.4. The highest BCUT2D eigenvalue weighted by atomic mass is 16.2. The highest BCUT2D eigenvalue weighted by Gasteiger charge is 2.25. The molecule has 2 aromatic rings. The fourth-order valence-corrected chi connectivity index (χ4v) is 3.86. The number of carbonyl (C=O) groups is 3. The first-order valence-electron chi connectivity index (χ1n) is 11.2. The molecule has 6 nitrogen and oxygen atoms in total. The number of likely N-dealkylation sites (tertiary alicyclic amines) is 1. The van der Waals surface area contributed by atoms with Crippen LogP contribution in [0.3, 0.4) is 0 Å².